The second-order valence-corrected chi connectivity index (χ2v) is 13.7. The summed E-state index contributed by atoms with van der Waals surface area (Å²) < 4.78 is 4.87. The van der Waals surface area contributed by atoms with Crippen molar-refractivity contribution in [2.45, 2.75) is 0 Å². The molecule has 0 saturated heterocycles. The van der Waals surface area contributed by atoms with Crippen molar-refractivity contribution in [1.29, 1.82) is 0 Å². The van der Waals surface area contributed by atoms with Crippen molar-refractivity contribution in [1.82, 2.24) is 9.13 Å². The Hall–Kier alpha value is -6.90. The van der Waals surface area contributed by atoms with Crippen molar-refractivity contribution in [3.8, 4) is 33.6 Å². The summed E-state index contributed by atoms with van der Waals surface area (Å²) in [7, 11) is 0. The third-order valence-electron chi connectivity index (χ3n) is 10.9. The number of nitrogens with zero attached hydrogens (tertiary/aromatic N) is 2. The maximum atomic E-state index is 2.43. The first-order chi connectivity index (χ1) is 25.8. The zero-order chi connectivity index (χ0) is 34.2. The van der Waals surface area contributed by atoms with Gasteiger partial charge in [-0.15, -0.1) is 0 Å². The minimum absolute atomic E-state index is 1.15. The fourth-order valence-corrected chi connectivity index (χ4v) is 8.52. The number of hydrogen-bond donors (Lipinski definition) is 0. The average molecular weight is 661 g/mol. The van der Waals surface area contributed by atoms with Gasteiger partial charge in [0.25, 0.3) is 0 Å². The van der Waals surface area contributed by atoms with Gasteiger partial charge in [0.2, 0.25) is 0 Å². The molecule has 0 radical (unpaired) electrons. The lowest BCUT2D eigenvalue weighted by molar-refractivity contribution is 1.16. The van der Waals surface area contributed by atoms with E-state index in [-0.39, 0.29) is 0 Å². The number of para-hydroxylation sites is 2. The Labute approximate surface area is 301 Å². The molecule has 0 aliphatic carbocycles. The molecule has 0 bridgehead atoms. The number of hydrogen-bond acceptors (Lipinski definition) is 0. The summed E-state index contributed by atoms with van der Waals surface area (Å²) in [6.07, 6.45) is 0. The highest BCUT2D eigenvalue weighted by Gasteiger charge is 2.19. The van der Waals surface area contributed by atoms with E-state index < -0.39 is 0 Å². The Morgan fingerprint density at radius 2 is 0.635 bits per heavy atom. The van der Waals surface area contributed by atoms with Crippen molar-refractivity contribution in [3.05, 3.63) is 194 Å². The molecule has 11 aromatic rings. The molecule has 2 heteroatoms. The molecule has 0 saturated carbocycles. The highest BCUT2D eigenvalue weighted by atomic mass is 15.0. The van der Waals surface area contributed by atoms with E-state index in [2.05, 4.69) is 203 Å². The monoisotopic (exact) mass is 660 g/mol. The SMILES string of the molecule is c1ccc2c(-c3ccc(-n4c5ccccc5c5cc6c7ccccc7n(-c7ccc(-c8cccc9ccccc89)cc7)c6cc54)cc3)cccc2c1. The molecule has 242 valence electrons. The first-order valence-electron chi connectivity index (χ1n) is 17.9. The summed E-state index contributed by atoms with van der Waals surface area (Å²) in [6, 6.07) is 71.0. The highest BCUT2D eigenvalue weighted by molar-refractivity contribution is 6.19. The topological polar surface area (TPSA) is 9.86 Å². The van der Waals surface area contributed by atoms with Gasteiger partial charge >= 0.3 is 0 Å². The van der Waals surface area contributed by atoms with E-state index in [1.165, 1.54) is 87.4 Å². The molecular weight excluding hydrogens is 629 g/mol. The van der Waals surface area contributed by atoms with Gasteiger partial charge in [0.15, 0.2) is 0 Å². The summed E-state index contributed by atoms with van der Waals surface area (Å²) in [6.45, 7) is 0. The van der Waals surface area contributed by atoms with Crippen LogP contribution in [0.2, 0.25) is 0 Å². The molecule has 0 amide bonds. The van der Waals surface area contributed by atoms with Gasteiger partial charge in [0.1, 0.15) is 0 Å². The molecule has 0 aliphatic heterocycles. The molecule has 0 unspecified atom stereocenters. The van der Waals surface area contributed by atoms with Crippen LogP contribution in [0.25, 0.3) is 98.8 Å². The molecule has 0 N–H and O–H groups in total. The lowest BCUT2D eigenvalue weighted by Crippen LogP contribution is -1.96. The van der Waals surface area contributed by atoms with Crippen molar-refractivity contribution >= 4 is 65.2 Å². The van der Waals surface area contributed by atoms with Crippen LogP contribution in [-0.4, -0.2) is 9.13 Å². The van der Waals surface area contributed by atoms with Crippen molar-refractivity contribution < 1.29 is 0 Å². The Bertz CT molecular complexity index is 2940. The summed E-state index contributed by atoms with van der Waals surface area (Å²) in [4.78, 5) is 0. The molecule has 0 aliphatic rings. The van der Waals surface area contributed by atoms with Crippen LogP contribution < -0.4 is 0 Å². The van der Waals surface area contributed by atoms with Gasteiger partial charge in [-0.05, 0) is 92.3 Å². The van der Waals surface area contributed by atoms with E-state index in [4.69, 9.17) is 0 Å². The number of aromatic nitrogens is 2. The zero-order valence-electron chi connectivity index (χ0n) is 28.4. The van der Waals surface area contributed by atoms with Gasteiger partial charge in [-0.25, -0.2) is 0 Å². The largest absolute Gasteiger partial charge is 0.309 e. The smallest absolute Gasteiger partial charge is 0.0562 e. The van der Waals surface area contributed by atoms with Gasteiger partial charge < -0.3 is 9.13 Å². The number of fused-ring (bicyclic) bond motifs is 8. The van der Waals surface area contributed by atoms with Crippen LogP contribution >= 0.6 is 0 Å². The summed E-state index contributed by atoms with van der Waals surface area (Å²) in [5.74, 6) is 0. The van der Waals surface area contributed by atoms with Crippen molar-refractivity contribution in [3.63, 3.8) is 0 Å². The Kier molecular flexibility index (Phi) is 6.28. The first-order valence-corrected chi connectivity index (χ1v) is 17.9. The fourth-order valence-electron chi connectivity index (χ4n) is 8.52. The Balaban J connectivity index is 1.11. The molecule has 2 aromatic heterocycles. The van der Waals surface area contributed by atoms with E-state index >= 15 is 0 Å². The Morgan fingerprint density at radius 3 is 1.10 bits per heavy atom. The molecular formula is C50H32N2. The molecule has 0 fully saturated rings. The quantitative estimate of drug-likeness (QED) is 0.178. The minimum Gasteiger partial charge on any atom is -0.309 e. The van der Waals surface area contributed by atoms with Crippen LogP contribution in [0.4, 0.5) is 0 Å². The first kappa shape index (κ1) is 28.9. The maximum absolute atomic E-state index is 2.43. The van der Waals surface area contributed by atoms with Gasteiger partial charge in [0.05, 0.1) is 22.1 Å². The van der Waals surface area contributed by atoms with Crippen LogP contribution in [0, 0.1) is 0 Å². The highest BCUT2D eigenvalue weighted by Crippen LogP contribution is 2.40. The number of rotatable bonds is 4. The zero-order valence-corrected chi connectivity index (χ0v) is 28.4. The molecule has 2 nitrogen and oxygen atoms in total. The van der Waals surface area contributed by atoms with E-state index in [0.717, 1.165) is 11.4 Å². The third-order valence-corrected chi connectivity index (χ3v) is 10.9. The normalized spacial score (nSPS) is 11.8. The average Bonchev–Trinajstić information content (AvgIpc) is 3.71. The second kappa shape index (κ2) is 11.3. The number of benzene rings is 9. The van der Waals surface area contributed by atoms with Gasteiger partial charge in [-0.3, -0.25) is 0 Å². The Morgan fingerprint density at radius 1 is 0.250 bits per heavy atom. The van der Waals surface area contributed by atoms with Gasteiger partial charge in [-0.1, -0.05) is 146 Å². The third kappa shape index (κ3) is 4.31. The predicted octanol–water partition coefficient (Wildman–Crippen LogP) is 13.5. The molecule has 11 rings (SSSR count). The van der Waals surface area contributed by atoms with E-state index in [1.807, 2.05) is 0 Å². The van der Waals surface area contributed by atoms with Crippen LogP contribution in [0.1, 0.15) is 0 Å². The van der Waals surface area contributed by atoms with Crippen LogP contribution in [0.3, 0.4) is 0 Å². The standard InChI is InChI=1S/C50H32N2/c1-3-15-39-33(11-1)13-9-19-41(39)35-23-27-37(28-24-35)51-47-21-7-5-17-43(47)45-31-46-44-18-6-8-22-48(44)52(50(46)32-49(45)51)38-29-25-36(26-30-38)42-20-10-14-34-12-2-4-16-40(34)42/h1-32H. The summed E-state index contributed by atoms with van der Waals surface area (Å²) >= 11 is 0. The van der Waals surface area contributed by atoms with Crippen molar-refractivity contribution in [2.24, 2.45) is 0 Å². The fraction of sp³-hybridized carbons (Fsp3) is 0. The van der Waals surface area contributed by atoms with E-state index in [1.54, 1.807) is 0 Å². The predicted molar refractivity (Wildman–Crippen MR) is 221 cm³/mol. The molecule has 0 atom stereocenters. The van der Waals surface area contributed by atoms with Crippen LogP contribution in [0.15, 0.2) is 194 Å². The molecule has 2 heterocycles. The lowest BCUT2D eigenvalue weighted by Gasteiger charge is -2.12. The molecule has 0 spiro atoms. The van der Waals surface area contributed by atoms with E-state index in [9.17, 15) is 0 Å². The van der Waals surface area contributed by atoms with E-state index in [0.29, 0.717) is 0 Å². The van der Waals surface area contributed by atoms with Crippen molar-refractivity contribution in [2.75, 3.05) is 0 Å². The van der Waals surface area contributed by atoms with Crippen LogP contribution in [-0.2, 0) is 0 Å². The molecule has 52 heavy (non-hydrogen) atoms. The van der Waals surface area contributed by atoms with Gasteiger partial charge in [-0.2, -0.15) is 0 Å². The summed E-state index contributed by atoms with van der Waals surface area (Å²) in [5.41, 5.74) is 12.1. The lowest BCUT2D eigenvalue weighted by atomic mass is 9.98. The minimum atomic E-state index is 1.15. The summed E-state index contributed by atoms with van der Waals surface area (Å²) in [5, 5.41) is 10.1. The molecule has 9 aromatic carbocycles. The van der Waals surface area contributed by atoms with Crippen LogP contribution in [0.5, 0.6) is 0 Å². The maximum Gasteiger partial charge on any atom is 0.0562 e. The van der Waals surface area contributed by atoms with Gasteiger partial charge in [0, 0.05) is 32.9 Å². The second-order valence-electron chi connectivity index (χ2n) is 13.7.